The molecule has 0 aromatic carbocycles. The summed E-state index contributed by atoms with van der Waals surface area (Å²) in [5.74, 6) is -2.76. The van der Waals surface area contributed by atoms with Crippen LogP contribution in [-0.4, -0.2) is 30.1 Å². The summed E-state index contributed by atoms with van der Waals surface area (Å²) in [6.45, 7) is 4.65. The van der Waals surface area contributed by atoms with Gasteiger partial charge in [0.25, 0.3) is 0 Å². The van der Waals surface area contributed by atoms with E-state index in [1.54, 1.807) is 0 Å². The summed E-state index contributed by atoms with van der Waals surface area (Å²) >= 11 is 0. The molecule has 3 N–H and O–H groups in total. The van der Waals surface area contributed by atoms with Crippen LogP contribution in [-0.2, 0) is 9.59 Å². The molecule has 0 spiro atoms. The summed E-state index contributed by atoms with van der Waals surface area (Å²) in [6.07, 6.45) is 4.06. The lowest BCUT2D eigenvalue weighted by molar-refractivity contribution is -0.192. The Balaban J connectivity index is -0.000000214. The van der Waals surface area contributed by atoms with Gasteiger partial charge >= 0.3 is 12.1 Å². The van der Waals surface area contributed by atoms with Gasteiger partial charge in [0.05, 0.1) is 0 Å². The van der Waals surface area contributed by atoms with Crippen LogP contribution in [0.25, 0.3) is 0 Å². The summed E-state index contributed by atoms with van der Waals surface area (Å²) in [5.41, 5.74) is 4.66. The highest BCUT2D eigenvalue weighted by Gasteiger charge is 2.38. The summed E-state index contributed by atoms with van der Waals surface area (Å²) in [7, 11) is 0. The zero-order valence-electron chi connectivity index (χ0n) is 11.5. The lowest BCUT2D eigenvalue weighted by Crippen LogP contribution is -2.21. The van der Waals surface area contributed by atoms with Crippen molar-refractivity contribution in [1.82, 2.24) is 0 Å². The largest absolute Gasteiger partial charge is 0.490 e. The molecule has 0 aliphatic rings. The van der Waals surface area contributed by atoms with E-state index in [2.05, 4.69) is 19.6 Å². The highest BCUT2D eigenvalue weighted by molar-refractivity contribution is 5.73. The number of hydrogen-bond donors (Lipinski definition) is 2. The van der Waals surface area contributed by atoms with Gasteiger partial charge in [-0.3, -0.25) is 0 Å². The number of aldehydes is 1. The van der Waals surface area contributed by atoms with Gasteiger partial charge < -0.3 is 15.6 Å². The second kappa shape index (κ2) is 16.9. The van der Waals surface area contributed by atoms with Crippen molar-refractivity contribution in [2.24, 2.45) is 5.73 Å². The zero-order valence-corrected chi connectivity index (χ0v) is 11.5. The molecule has 19 heavy (non-hydrogen) atoms. The van der Waals surface area contributed by atoms with Gasteiger partial charge in [0.1, 0.15) is 6.29 Å². The molecule has 0 aromatic heterocycles. The fourth-order valence-electron chi connectivity index (χ4n) is 0.854. The molecule has 7 heteroatoms. The maximum atomic E-state index is 10.6. The predicted octanol–water partition coefficient (Wildman–Crippen LogP) is 3.14. The first-order chi connectivity index (χ1) is 8.77. The van der Waals surface area contributed by atoms with Crippen LogP contribution in [0.2, 0.25) is 0 Å². The molecule has 0 fully saturated rings. The number of carbonyl (C=O) groups excluding carboxylic acids is 1. The predicted molar refractivity (Wildman–Crippen MR) is 67.9 cm³/mol. The molecule has 116 valence electrons. The van der Waals surface area contributed by atoms with Crippen LogP contribution in [0.3, 0.4) is 0 Å². The Morgan fingerprint density at radius 1 is 1.11 bits per heavy atom. The van der Waals surface area contributed by atoms with Gasteiger partial charge in [-0.25, -0.2) is 4.79 Å². The van der Waals surface area contributed by atoms with Crippen molar-refractivity contribution in [3.8, 4) is 0 Å². The van der Waals surface area contributed by atoms with E-state index in [1.807, 2.05) is 0 Å². The van der Waals surface area contributed by atoms with Gasteiger partial charge in [-0.05, 0) is 0 Å². The fraction of sp³-hybridized carbons (Fsp3) is 0.833. The molecule has 0 amide bonds. The minimum Gasteiger partial charge on any atom is -0.475 e. The van der Waals surface area contributed by atoms with Gasteiger partial charge in [-0.2, -0.15) is 13.2 Å². The number of unbranched alkanes of at least 4 members (excludes halogenated alkanes) is 5. The third kappa shape index (κ3) is 31.6. The Morgan fingerprint density at radius 3 is 1.47 bits per heavy atom. The summed E-state index contributed by atoms with van der Waals surface area (Å²) in [4.78, 5) is 17.9. The van der Waals surface area contributed by atoms with E-state index in [0.29, 0.717) is 6.29 Å². The van der Waals surface area contributed by atoms with E-state index in [0.717, 1.165) is 0 Å². The number of nitrogens with two attached hydrogens (primary N) is 1. The number of aliphatic carboxylic acids is 1. The number of alkyl halides is 3. The fourth-order valence-corrected chi connectivity index (χ4v) is 0.854. The van der Waals surface area contributed by atoms with E-state index < -0.39 is 12.1 Å². The van der Waals surface area contributed by atoms with Crippen LogP contribution in [0.1, 0.15) is 52.4 Å². The van der Waals surface area contributed by atoms with Crippen molar-refractivity contribution in [2.45, 2.75) is 58.5 Å². The first kappa shape index (κ1) is 23.0. The number of hydrogen-bond acceptors (Lipinski definition) is 3. The quantitative estimate of drug-likeness (QED) is 0.581. The van der Waals surface area contributed by atoms with Crippen LogP contribution in [0.5, 0.6) is 0 Å². The maximum absolute atomic E-state index is 10.6. The van der Waals surface area contributed by atoms with Crippen LogP contribution in [0, 0.1) is 0 Å². The Hall–Kier alpha value is -1.11. The Morgan fingerprint density at radius 2 is 1.37 bits per heavy atom. The minimum absolute atomic E-state index is 0.139. The molecule has 0 radical (unpaired) electrons. The smallest absolute Gasteiger partial charge is 0.475 e. The molecule has 0 unspecified atom stereocenters. The van der Waals surface area contributed by atoms with Gasteiger partial charge in [0, 0.05) is 6.54 Å². The maximum Gasteiger partial charge on any atom is 0.490 e. The van der Waals surface area contributed by atoms with Crippen LogP contribution >= 0.6 is 0 Å². The van der Waals surface area contributed by atoms with Crippen LogP contribution in [0.4, 0.5) is 13.2 Å². The van der Waals surface area contributed by atoms with E-state index in [-0.39, 0.29) is 6.54 Å². The summed E-state index contributed by atoms with van der Waals surface area (Å²) in [5, 5.41) is 7.12. The van der Waals surface area contributed by atoms with E-state index in [9.17, 15) is 13.2 Å². The summed E-state index contributed by atoms with van der Waals surface area (Å²) < 4.78 is 31.7. The topological polar surface area (TPSA) is 80.4 Å². The molecule has 0 rings (SSSR count). The Labute approximate surface area is 112 Å². The van der Waals surface area contributed by atoms with Gasteiger partial charge in [-0.15, -0.1) is 0 Å². The first-order valence-corrected chi connectivity index (χ1v) is 6.21. The lowest BCUT2D eigenvalue weighted by atomic mass is 10.1. The normalized spacial score (nSPS) is 9.58. The highest BCUT2D eigenvalue weighted by atomic mass is 19.4. The highest BCUT2D eigenvalue weighted by Crippen LogP contribution is 2.13. The third-order valence-corrected chi connectivity index (χ3v) is 1.80. The Bertz CT molecular complexity index is 203. The minimum atomic E-state index is -5.08. The lowest BCUT2D eigenvalue weighted by Gasteiger charge is -1.93. The van der Waals surface area contributed by atoms with E-state index >= 15 is 0 Å². The molecule has 4 nitrogen and oxygen atoms in total. The molecule has 0 heterocycles. The third-order valence-electron chi connectivity index (χ3n) is 1.80. The second-order valence-electron chi connectivity index (χ2n) is 3.62. The van der Waals surface area contributed by atoms with Crippen molar-refractivity contribution >= 4 is 12.3 Å². The number of halogens is 3. The standard InChI is InChI=1S/C8H18.C2HF3O2.C2H5NO/c1-3-5-7-8-6-4-2;3-2(4,5)1(6)7;3-1-2-4/h3-8H2,1-2H3;(H,6,7);2H,1,3H2. The molecular formula is C12H24F3NO3. The van der Waals surface area contributed by atoms with E-state index in [1.165, 1.54) is 38.5 Å². The average Bonchev–Trinajstić information content (AvgIpc) is 2.35. The van der Waals surface area contributed by atoms with Gasteiger partial charge in [-0.1, -0.05) is 52.4 Å². The monoisotopic (exact) mass is 287 g/mol. The van der Waals surface area contributed by atoms with Gasteiger partial charge in [0.2, 0.25) is 0 Å². The number of rotatable bonds is 6. The van der Waals surface area contributed by atoms with Crippen molar-refractivity contribution in [1.29, 1.82) is 0 Å². The first-order valence-electron chi connectivity index (χ1n) is 6.21. The molecule has 0 saturated carbocycles. The molecule has 0 atom stereocenters. The van der Waals surface area contributed by atoms with Crippen molar-refractivity contribution in [3.63, 3.8) is 0 Å². The molecule has 0 aliphatic heterocycles. The van der Waals surface area contributed by atoms with E-state index in [4.69, 9.17) is 14.7 Å². The van der Waals surface area contributed by atoms with Crippen LogP contribution < -0.4 is 5.73 Å². The average molecular weight is 287 g/mol. The molecule has 0 aromatic rings. The molecule has 0 bridgehead atoms. The Kier molecular flexibility index (Phi) is 20.5. The van der Waals surface area contributed by atoms with Crippen molar-refractivity contribution in [2.75, 3.05) is 6.54 Å². The molecular weight excluding hydrogens is 263 g/mol. The summed E-state index contributed by atoms with van der Waals surface area (Å²) in [6, 6.07) is 0. The number of carboxylic acid groups (broad SMARTS) is 1. The van der Waals surface area contributed by atoms with Crippen molar-refractivity contribution < 1.29 is 27.9 Å². The van der Waals surface area contributed by atoms with Gasteiger partial charge in [0.15, 0.2) is 0 Å². The van der Waals surface area contributed by atoms with Crippen LogP contribution in [0.15, 0.2) is 0 Å². The second-order valence-corrected chi connectivity index (χ2v) is 3.62. The number of carbonyl (C=O) groups is 2. The SMILES string of the molecule is CCCCCCCC.NCC=O.O=C(O)C(F)(F)F. The van der Waals surface area contributed by atoms with Crippen molar-refractivity contribution in [3.05, 3.63) is 0 Å². The number of carboxylic acids is 1. The zero-order chi connectivity index (χ0) is 15.7. The molecule has 0 aliphatic carbocycles. The molecule has 0 saturated heterocycles.